The number of rotatable bonds is 7. The third-order valence-corrected chi connectivity index (χ3v) is 3.09. The molecular formula is C11H19NO2. The van der Waals surface area contributed by atoms with E-state index < -0.39 is 5.97 Å². The molecule has 2 fully saturated rings. The first-order valence-electron chi connectivity index (χ1n) is 5.71. The van der Waals surface area contributed by atoms with Crippen molar-refractivity contribution in [3.8, 4) is 0 Å². The van der Waals surface area contributed by atoms with Crippen LogP contribution in [0.2, 0.25) is 0 Å². The van der Waals surface area contributed by atoms with Crippen LogP contribution in [0.25, 0.3) is 0 Å². The number of aliphatic carboxylic acids is 1. The van der Waals surface area contributed by atoms with Gasteiger partial charge in [0.2, 0.25) is 0 Å². The third kappa shape index (κ3) is 3.29. The molecule has 2 rings (SSSR count). The van der Waals surface area contributed by atoms with E-state index in [1.54, 1.807) is 0 Å². The Morgan fingerprint density at radius 2 is 2.00 bits per heavy atom. The summed E-state index contributed by atoms with van der Waals surface area (Å²) in [5.74, 6) is 0.271. The summed E-state index contributed by atoms with van der Waals surface area (Å²) in [6.07, 6.45) is 6.59. The van der Waals surface area contributed by atoms with E-state index in [-0.39, 0.29) is 0 Å². The van der Waals surface area contributed by atoms with E-state index in [1.165, 1.54) is 32.2 Å². The maximum atomic E-state index is 10.4. The van der Waals surface area contributed by atoms with Crippen molar-refractivity contribution in [1.29, 1.82) is 0 Å². The van der Waals surface area contributed by atoms with E-state index in [0.717, 1.165) is 24.9 Å². The van der Waals surface area contributed by atoms with Crippen molar-refractivity contribution in [3.05, 3.63) is 0 Å². The second kappa shape index (κ2) is 4.30. The van der Waals surface area contributed by atoms with Crippen LogP contribution in [-0.2, 0) is 4.79 Å². The number of hydrogen-bond acceptors (Lipinski definition) is 2. The van der Waals surface area contributed by atoms with Crippen molar-refractivity contribution >= 4 is 5.97 Å². The van der Waals surface area contributed by atoms with Gasteiger partial charge in [-0.1, -0.05) is 0 Å². The molecule has 0 aromatic carbocycles. The van der Waals surface area contributed by atoms with E-state index in [1.807, 2.05) is 0 Å². The highest BCUT2D eigenvalue weighted by Gasteiger charge is 2.33. The molecule has 0 bridgehead atoms. The number of hydrogen-bond donors (Lipinski definition) is 1. The van der Waals surface area contributed by atoms with E-state index in [2.05, 4.69) is 4.90 Å². The highest BCUT2D eigenvalue weighted by Crippen LogP contribution is 2.34. The fourth-order valence-electron chi connectivity index (χ4n) is 1.93. The first kappa shape index (κ1) is 9.97. The summed E-state index contributed by atoms with van der Waals surface area (Å²) < 4.78 is 0. The van der Waals surface area contributed by atoms with Crippen molar-refractivity contribution in [2.24, 2.45) is 5.92 Å². The molecule has 3 heteroatoms. The topological polar surface area (TPSA) is 40.5 Å². The summed E-state index contributed by atoms with van der Waals surface area (Å²) in [7, 11) is 0. The molecule has 1 N–H and O–H groups in total. The van der Waals surface area contributed by atoms with Gasteiger partial charge in [0.15, 0.2) is 0 Å². The van der Waals surface area contributed by atoms with Gasteiger partial charge in [-0.05, 0) is 44.6 Å². The van der Waals surface area contributed by atoms with Crippen LogP contribution in [0.4, 0.5) is 0 Å². The largest absolute Gasteiger partial charge is 0.481 e. The Morgan fingerprint density at radius 3 is 2.50 bits per heavy atom. The summed E-state index contributed by atoms with van der Waals surface area (Å²) in [4.78, 5) is 12.9. The maximum Gasteiger partial charge on any atom is 0.303 e. The lowest BCUT2D eigenvalue weighted by Gasteiger charge is -2.21. The molecule has 2 saturated carbocycles. The zero-order valence-corrected chi connectivity index (χ0v) is 8.61. The molecule has 0 aliphatic heterocycles. The monoisotopic (exact) mass is 197 g/mol. The number of nitrogens with zero attached hydrogens (tertiary/aromatic N) is 1. The molecular weight excluding hydrogens is 178 g/mol. The second-order valence-electron chi connectivity index (χ2n) is 4.67. The van der Waals surface area contributed by atoms with Gasteiger partial charge in [0.1, 0.15) is 0 Å². The van der Waals surface area contributed by atoms with Crippen LogP contribution >= 0.6 is 0 Å². The number of carboxylic acid groups (broad SMARTS) is 1. The van der Waals surface area contributed by atoms with Gasteiger partial charge in [-0.2, -0.15) is 0 Å². The Labute approximate surface area is 85.1 Å². The average molecular weight is 197 g/mol. The summed E-state index contributed by atoms with van der Waals surface area (Å²) in [5.41, 5.74) is 0. The Bertz CT molecular complexity index is 209. The van der Waals surface area contributed by atoms with Crippen LogP contribution in [0.3, 0.4) is 0 Å². The van der Waals surface area contributed by atoms with Gasteiger partial charge in [0, 0.05) is 19.0 Å². The minimum atomic E-state index is -0.660. The highest BCUT2D eigenvalue weighted by molar-refractivity contribution is 5.66. The average Bonchev–Trinajstić information content (AvgIpc) is 2.98. The minimum absolute atomic E-state index is 0.327. The van der Waals surface area contributed by atoms with Gasteiger partial charge in [0.25, 0.3) is 0 Å². The van der Waals surface area contributed by atoms with Crippen molar-refractivity contribution in [3.63, 3.8) is 0 Å². The first-order chi connectivity index (χ1) is 6.75. The smallest absolute Gasteiger partial charge is 0.303 e. The van der Waals surface area contributed by atoms with Gasteiger partial charge in [0.05, 0.1) is 0 Å². The van der Waals surface area contributed by atoms with Crippen molar-refractivity contribution < 1.29 is 9.90 Å². The second-order valence-corrected chi connectivity index (χ2v) is 4.67. The fraction of sp³-hybridized carbons (Fsp3) is 0.909. The van der Waals surface area contributed by atoms with Crippen LogP contribution in [0.1, 0.15) is 38.5 Å². The van der Waals surface area contributed by atoms with Crippen molar-refractivity contribution in [1.82, 2.24) is 4.90 Å². The SMILES string of the molecule is O=C(O)CCCN(CC1CC1)C1CC1. The Hall–Kier alpha value is -0.570. The van der Waals surface area contributed by atoms with Crippen molar-refractivity contribution in [2.45, 2.75) is 44.6 Å². The predicted molar refractivity (Wildman–Crippen MR) is 54.2 cm³/mol. The fourth-order valence-corrected chi connectivity index (χ4v) is 1.93. The Kier molecular flexibility index (Phi) is 3.06. The van der Waals surface area contributed by atoms with Crippen LogP contribution in [0, 0.1) is 5.92 Å². The molecule has 0 unspecified atom stereocenters. The van der Waals surface area contributed by atoms with E-state index in [9.17, 15) is 4.79 Å². The quantitative estimate of drug-likeness (QED) is 0.675. The van der Waals surface area contributed by atoms with Gasteiger partial charge in [-0.15, -0.1) is 0 Å². The summed E-state index contributed by atoms with van der Waals surface area (Å²) in [6, 6.07) is 0.796. The highest BCUT2D eigenvalue weighted by atomic mass is 16.4. The van der Waals surface area contributed by atoms with E-state index in [0.29, 0.717) is 6.42 Å². The van der Waals surface area contributed by atoms with Crippen LogP contribution in [-0.4, -0.2) is 35.1 Å². The first-order valence-corrected chi connectivity index (χ1v) is 5.71. The molecule has 0 heterocycles. The predicted octanol–water partition coefficient (Wildman–Crippen LogP) is 1.73. The zero-order chi connectivity index (χ0) is 9.97. The zero-order valence-electron chi connectivity index (χ0n) is 8.61. The minimum Gasteiger partial charge on any atom is -0.481 e. The standard InChI is InChI=1S/C11H19NO2/c13-11(14)2-1-7-12(10-5-6-10)8-9-3-4-9/h9-10H,1-8H2,(H,13,14). The number of carbonyl (C=O) groups is 1. The van der Waals surface area contributed by atoms with E-state index >= 15 is 0 Å². The lowest BCUT2D eigenvalue weighted by atomic mass is 10.2. The van der Waals surface area contributed by atoms with Gasteiger partial charge < -0.3 is 10.0 Å². The van der Waals surface area contributed by atoms with Gasteiger partial charge in [-0.25, -0.2) is 0 Å². The van der Waals surface area contributed by atoms with Gasteiger partial charge in [-0.3, -0.25) is 4.79 Å². The maximum absolute atomic E-state index is 10.4. The third-order valence-electron chi connectivity index (χ3n) is 3.09. The molecule has 2 aliphatic rings. The Balaban J connectivity index is 1.64. The van der Waals surface area contributed by atoms with Gasteiger partial charge >= 0.3 is 5.97 Å². The molecule has 0 aromatic rings. The van der Waals surface area contributed by atoms with Crippen molar-refractivity contribution in [2.75, 3.05) is 13.1 Å². The molecule has 2 aliphatic carbocycles. The number of carboxylic acids is 1. The van der Waals surface area contributed by atoms with E-state index in [4.69, 9.17) is 5.11 Å². The van der Waals surface area contributed by atoms with Crippen LogP contribution in [0.5, 0.6) is 0 Å². The Morgan fingerprint density at radius 1 is 1.29 bits per heavy atom. The molecule has 0 saturated heterocycles. The lowest BCUT2D eigenvalue weighted by Crippen LogP contribution is -2.29. The van der Waals surface area contributed by atoms with Crippen LogP contribution in [0.15, 0.2) is 0 Å². The molecule has 0 amide bonds. The summed E-state index contributed by atoms with van der Waals surface area (Å²) in [5, 5.41) is 8.56. The molecule has 0 spiro atoms. The molecule has 0 aromatic heterocycles. The normalized spacial score (nSPS) is 21.5. The lowest BCUT2D eigenvalue weighted by molar-refractivity contribution is -0.137. The molecule has 80 valence electrons. The summed E-state index contributed by atoms with van der Waals surface area (Å²) >= 11 is 0. The summed E-state index contributed by atoms with van der Waals surface area (Å²) in [6.45, 7) is 2.22. The molecule has 3 nitrogen and oxygen atoms in total. The van der Waals surface area contributed by atoms with Crippen LogP contribution < -0.4 is 0 Å². The molecule has 0 radical (unpaired) electrons. The molecule has 0 atom stereocenters. The molecule has 14 heavy (non-hydrogen) atoms.